The number of nitrogens with one attached hydrogen (secondary N) is 2. The van der Waals surface area contributed by atoms with Gasteiger partial charge in [-0.1, -0.05) is 0 Å². The van der Waals surface area contributed by atoms with Gasteiger partial charge in [0.1, 0.15) is 0 Å². The topological polar surface area (TPSA) is 115 Å². The molecule has 1 unspecified atom stereocenters. The van der Waals surface area contributed by atoms with Crippen LogP contribution in [-0.4, -0.2) is 43.9 Å². The Hall–Kier alpha value is -2.46. The zero-order chi connectivity index (χ0) is 19.4. The molecule has 1 fully saturated rings. The van der Waals surface area contributed by atoms with Gasteiger partial charge in [0.25, 0.3) is 5.69 Å². The molecule has 1 saturated heterocycles. The second-order valence-corrected chi connectivity index (χ2v) is 7.86. The normalized spacial score (nSPS) is 16.1. The van der Waals surface area contributed by atoms with Crippen LogP contribution in [0, 0.1) is 10.1 Å². The molecule has 1 atom stereocenters. The number of aromatic nitrogens is 3. The molecule has 2 heterocycles. The maximum Gasteiger partial charge on any atom is 0.269 e. The molecule has 0 radical (unpaired) electrons. The second-order valence-electron chi connectivity index (χ2n) is 6.44. The first-order chi connectivity index (χ1) is 12.9. The van der Waals surface area contributed by atoms with Gasteiger partial charge in [-0.2, -0.15) is 10.1 Å². The Balaban J connectivity index is 1.60. The number of nitro benzene ring substituents is 1. The van der Waals surface area contributed by atoms with Gasteiger partial charge in [-0.15, -0.1) is 11.8 Å². The number of hydrogen-bond acceptors (Lipinski definition) is 7. The summed E-state index contributed by atoms with van der Waals surface area (Å²) in [5, 5.41) is 20.9. The van der Waals surface area contributed by atoms with Crippen LogP contribution in [-0.2, 0) is 11.8 Å². The van der Waals surface area contributed by atoms with E-state index in [9.17, 15) is 14.9 Å². The highest BCUT2D eigenvalue weighted by atomic mass is 32.2. The fourth-order valence-corrected chi connectivity index (χ4v) is 3.75. The molecule has 2 N–H and O–H groups in total. The molecule has 0 saturated carbocycles. The average Bonchev–Trinajstić information content (AvgIpc) is 3.03. The maximum atomic E-state index is 12.5. The SMILES string of the molecule is CC(Sc1ccc([N+](=O)[O-])cc1)C(=O)Nc1nc(C2CCNCC2)nn1C. The lowest BCUT2D eigenvalue weighted by molar-refractivity contribution is -0.384. The number of carbonyl (C=O) groups excluding carboxylic acids is 1. The number of benzene rings is 1. The molecule has 0 aliphatic carbocycles. The summed E-state index contributed by atoms with van der Waals surface area (Å²) in [6.45, 7) is 3.69. The van der Waals surface area contributed by atoms with Crippen LogP contribution >= 0.6 is 11.8 Å². The van der Waals surface area contributed by atoms with E-state index in [1.807, 2.05) is 0 Å². The van der Waals surface area contributed by atoms with Crippen LogP contribution in [0.2, 0.25) is 0 Å². The van der Waals surface area contributed by atoms with E-state index in [1.54, 1.807) is 30.8 Å². The van der Waals surface area contributed by atoms with Crippen molar-refractivity contribution in [3.63, 3.8) is 0 Å². The van der Waals surface area contributed by atoms with Gasteiger partial charge in [-0.05, 0) is 45.0 Å². The lowest BCUT2D eigenvalue weighted by Crippen LogP contribution is -2.27. The van der Waals surface area contributed by atoms with Crippen LogP contribution in [0.15, 0.2) is 29.2 Å². The van der Waals surface area contributed by atoms with Gasteiger partial charge in [0.15, 0.2) is 5.82 Å². The highest BCUT2D eigenvalue weighted by Crippen LogP contribution is 2.27. The van der Waals surface area contributed by atoms with E-state index in [-0.39, 0.29) is 16.8 Å². The monoisotopic (exact) mass is 390 g/mol. The lowest BCUT2D eigenvalue weighted by Gasteiger charge is -2.19. The Labute approximate surface area is 161 Å². The Bertz CT molecular complexity index is 817. The highest BCUT2D eigenvalue weighted by Gasteiger charge is 2.22. The smallest absolute Gasteiger partial charge is 0.269 e. The van der Waals surface area contributed by atoms with Gasteiger partial charge < -0.3 is 5.32 Å². The zero-order valence-corrected chi connectivity index (χ0v) is 16.0. The minimum absolute atomic E-state index is 0.0287. The van der Waals surface area contributed by atoms with Crippen LogP contribution in [0.3, 0.4) is 0 Å². The number of nitro groups is 1. The Morgan fingerprint density at radius 3 is 2.67 bits per heavy atom. The number of hydrogen-bond donors (Lipinski definition) is 2. The fraction of sp³-hybridized carbons (Fsp3) is 0.471. The first kappa shape index (κ1) is 19.3. The van der Waals surface area contributed by atoms with Gasteiger partial charge in [-0.3, -0.25) is 20.2 Å². The number of non-ortho nitro benzene ring substituents is 1. The van der Waals surface area contributed by atoms with Crippen molar-refractivity contribution in [1.29, 1.82) is 0 Å². The van der Waals surface area contributed by atoms with Crippen LogP contribution in [0.1, 0.15) is 31.5 Å². The van der Waals surface area contributed by atoms with Gasteiger partial charge in [0.05, 0.1) is 10.2 Å². The number of rotatable bonds is 6. The number of thioether (sulfide) groups is 1. The number of anilines is 1. The third-order valence-corrected chi connectivity index (χ3v) is 5.56. The number of aryl methyl sites for hydroxylation is 1. The van der Waals surface area contributed by atoms with E-state index in [0.29, 0.717) is 11.9 Å². The number of nitrogens with zero attached hydrogens (tertiary/aromatic N) is 4. The summed E-state index contributed by atoms with van der Waals surface area (Å²) in [6, 6.07) is 6.15. The third kappa shape index (κ3) is 4.83. The molecule has 1 aromatic carbocycles. The van der Waals surface area contributed by atoms with E-state index in [0.717, 1.165) is 36.7 Å². The van der Waals surface area contributed by atoms with E-state index < -0.39 is 4.92 Å². The molecular weight excluding hydrogens is 368 g/mol. The number of carbonyl (C=O) groups is 1. The number of amides is 1. The molecule has 1 aromatic heterocycles. The van der Waals surface area contributed by atoms with Crippen molar-refractivity contribution < 1.29 is 9.72 Å². The molecule has 1 aliphatic heterocycles. The highest BCUT2D eigenvalue weighted by molar-refractivity contribution is 8.00. The molecule has 144 valence electrons. The first-order valence-electron chi connectivity index (χ1n) is 8.77. The summed E-state index contributed by atoms with van der Waals surface area (Å²) in [6.07, 6.45) is 1.98. The second kappa shape index (κ2) is 8.49. The molecule has 0 spiro atoms. The summed E-state index contributed by atoms with van der Waals surface area (Å²) < 4.78 is 1.60. The van der Waals surface area contributed by atoms with Crippen molar-refractivity contribution in [2.24, 2.45) is 7.05 Å². The summed E-state index contributed by atoms with van der Waals surface area (Å²) >= 11 is 1.33. The van der Waals surface area contributed by atoms with Crippen molar-refractivity contribution in [3.8, 4) is 0 Å². The lowest BCUT2D eigenvalue weighted by atomic mass is 9.98. The molecule has 0 bridgehead atoms. The predicted octanol–water partition coefficient (Wildman–Crippen LogP) is 2.31. The molecule has 2 aromatic rings. The Morgan fingerprint density at radius 2 is 2.04 bits per heavy atom. The quantitative estimate of drug-likeness (QED) is 0.442. The molecular formula is C17H22N6O3S. The zero-order valence-electron chi connectivity index (χ0n) is 15.2. The fourth-order valence-electron chi connectivity index (χ4n) is 2.88. The van der Waals surface area contributed by atoms with Gasteiger partial charge in [0, 0.05) is 30.0 Å². The van der Waals surface area contributed by atoms with E-state index in [1.165, 1.54) is 23.9 Å². The van der Waals surface area contributed by atoms with Crippen LogP contribution in [0.5, 0.6) is 0 Å². The third-order valence-electron chi connectivity index (χ3n) is 4.45. The summed E-state index contributed by atoms with van der Waals surface area (Å²) in [5.41, 5.74) is 0.0287. The summed E-state index contributed by atoms with van der Waals surface area (Å²) in [4.78, 5) is 28.1. The Kier molecular flexibility index (Phi) is 6.07. The average molecular weight is 390 g/mol. The first-order valence-corrected chi connectivity index (χ1v) is 9.65. The maximum absolute atomic E-state index is 12.5. The van der Waals surface area contributed by atoms with E-state index in [2.05, 4.69) is 20.7 Å². The van der Waals surface area contributed by atoms with E-state index in [4.69, 9.17) is 0 Å². The molecule has 10 heteroatoms. The molecule has 9 nitrogen and oxygen atoms in total. The predicted molar refractivity (Wildman–Crippen MR) is 103 cm³/mol. The van der Waals surface area contributed by atoms with Crippen molar-refractivity contribution in [2.45, 2.75) is 35.8 Å². The standard InChI is InChI=1S/C17H22N6O3S/c1-11(27-14-5-3-13(4-6-14)23(25)26)16(24)20-17-19-15(21-22(17)2)12-7-9-18-10-8-12/h3-6,11-12,18H,7-10H2,1-2H3,(H,19,20,21,24). The number of piperidine rings is 1. The minimum Gasteiger partial charge on any atom is -0.317 e. The largest absolute Gasteiger partial charge is 0.317 e. The van der Waals surface area contributed by atoms with Gasteiger partial charge >= 0.3 is 0 Å². The van der Waals surface area contributed by atoms with Crippen molar-refractivity contribution >= 4 is 29.3 Å². The summed E-state index contributed by atoms with van der Waals surface area (Å²) in [7, 11) is 1.77. The van der Waals surface area contributed by atoms with Gasteiger partial charge in [-0.25, -0.2) is 4.68 Å². The van der Waals surface area contributed by atoms with Crippen LogP contribution in [0.4, 0.5) is 11.6 Å². The van der Waals surface area contributed by atoms with Gasteiger partial charge in [0.2, 0.25) is 11.9 Å². The summed E-state index contributed by atoms with van der Waals surface area (Å²) in [5.74, 6) is 1.33. The van der Waals surface area contributed by atoms with E-state index >= 15 is 0 Å². The van der Waals surface area contributed by atoms with Crippen LogP contribution in [0.25, 0.3) is 0 Å². The molecule has 3 rings (SSSR count). The minimum atomic E-state index is -0.446. The Morgan fingerprint density at radius 1 is 1.37 bits per heavy atom. The van der Waals surface area contributed by atoms with Crippen molar-refractivity contribution in [3.05, 3.63) is 40.2 Å². The molecule has 1 amide bonds. The van der Waals surface area contributed by atoms with Crippen molar-refractivity contribution in [1.82, 2.24) is 20.1 Å². The molecule has 27 heavy (non-hydrogen) atoms. The van der Waals surface area contributed by atoms with Crippen LogP contribution < -0.4 is 10.6 Å². The van der Waals surface area contributed by atoms with Crippen molar-refractivity contribution in [2.75, 3.05) is 18.4 Å². The molecule has 1 aliphatic rings.